The van der Waals surface area contributed by atoms with E-state index in [4.69, 9.17) is 0 Å². The fourth-order valence-corrected chi connectivity index (χ4v) is 2.89. The topological polar surface area (TPSA) is 61.0 Å². The van der Waals surface area contributed by atoms with Crippen molar-refractivity contribution in [3.8, 4) is 0 Å². The minimum absolute atomic E-state index is 0.0889. The zero-order valence-corrected chi connectivity index (χ0v) is 9.91. The number of aromatic amines is 1. The smallest absolute Gasteiger partial charge is 0.226 e. The Balaban J connectivity index is 1.87. The van der Waals surface area contributed by atoms with Crippen LogP contribution in [0.4, 0.5) is 11.5 Å². The van der Waals surface area contributed by atoms with Crippen LogP contribution in [-0.2, 0) is 4.79 Å². The van der Waals surface area contributed by atoms with Gasteiger partial charge < -0.3 is 10.2 Å². The first-order valence-corrected chi connectivity index (χ1v) is 6.44. The van der Waals surface area contributed by atoms with E-state index in [1.165, 1.54) is 32.1 Å². The molecule has 2 heterocycles. The number of nitrogens with one attached hydrogen (secondary N) is 2. The maximum Gasteiger partial charge on any atom is 0.226 e. The number of hydrogen-bond acceptors (Lipinski definition) is 3. The van der Waals surface area contributed by atoms with Crippen molar-refractivity contribution >= 4 is 17.4 Å². The normalized spacial score (nSPS) is 21.9. The van der Waals surface area contributed by atoms with Gasteiger partial charge in [-0.05, 0) is 12.8 Å². The van der Waals surface area contributed by atoms with Crippen LogP contribution >= 0.6 is 0 Å². The Hall–Kier alpha value is -1.52. The third-order valence-electron chi connectivity index (χ3n) is 3.78. The molecule has 5 nitrogen and oxygen atoms in total. The lowest BCUT2D eigenvalue weighted by atomic mass is 9.94. The van der Waals surface area contributed by atoms with E-state index in [-0.39, 0.29) is 5.91 Å². The number of amides is 1. The van der Waals surface area contributed by atoms with Crippen molar-refractivity contribution in [1.29, 1.82) is 0 Å². The Morgan fingerprint density at radius 3 is 2.94 bits per heavy atom. The van der Waals surface area contributed by atoms with E-state index in [0.717, 1.165) is 18.1 Å². The minimum atomic E-state index is 0.0889. The van der Waals surface area contributed by atoms with E-state index < -0.39 is 0 Å². The van der Waals surface area contributed by atoms with Gasteiger partial charge in [0.2, 0.25) is 5.91 Å². The van der Waals surface area contributed by atoms with Crippen LogP contribution in [-0.4, -0.2) is 28.7 Å². The summed E-state index contributed by atoms with van der Waals surface area (Å²) in [6.07, 6.45) is 8.67. The highest BCUT2D eigenvalue weighted by Crippen LogP contribution is 2.32. The molecule has 5 heteroatoms. The summed E-state index contributed by atoms with van der Waals surface area (Å²) in [7, 11) is 0. The SMILES string of the molecule is O=C1CCN(C2CCCCC2)c2[nH]ncc2N1. The average molecular weight is 234 g/mol. The van der Waals surface area contributed by atoms with Crippen LogP contribution in [0.2, 0.25) is 0 Å². The van der Waals surface area contributed by atoms with Crippen molar-refractivity contribution in [3.63, 3.8) is 0 Å². The van der Waals surface area contributed by atoms with Crippen molar-refractivity contribution in [2.75, 3.05) is 16.8 Å². The number of nitrogens with zero attached hydrogens (tertiary/aromatic N) is 2. The number of H-pyrrole nitrogens is 1. The highest BCUT2D eigenvalue weighted by Gasteiger charge is 2.27. The van der Waals surface area contributed by atoms with Crippen molar-refractivity contribution in [2.24, 2.45) is 0 Å². The summed E-state index contributed by atoms with van der Waals surface area (Å²) in [6.45, 7) is 0.797. The molecule has 3 rings (SSSR count). The number of carbonyl (C=O) groups is 1. The first-order chi connectivity index (χ1) is 8.34. The number of anilines is 2. The second kappa shape index (κ2) is 4.39. The first kappa shape index (κ1) is 10.6. The van der Waals surface area contributed by atoms with Gasteiger partial charge in [-0.3, -0.25) is 9.89 Å². The van der Waals surface area contributed by atoms with Crippen LogP contribution < -0.4 is 10.2 Å². The predicted octanol–water partition coefficient (Wildman–Crippen LogP) is 1.89. The van der Waals surface area contributed by atoms with E-state index in [9.17, 15) is 4.79 Å². The lowest BCUT2D eigenvalue weighted by Crippen LogP contribution is -2.37. The largest absolute Gasteiger partial charge is 0.352 e. The van der Waals surface area contributed by atoms with Crippen molar-refractivity contribution in [2.45, 2.75) is 44.6 Å². The molecule has 92 valence electrons. The minimum Gasteiger partial charge on any atom is -0.352 e. The van der Waals surface area contributed by atoms with Gasteiger partial charge in [0.05, 0.1) is 6.20 Å². The summed E-state index contributed by atoms with van der Waals surface area (Å²) in [4.78, 5) is 13.9. The van der Waals surface area contributed by atoms with Gasteiger partial charge >= 0.3 is 0 Å². The molecule has 0 bridgehead atoms. The van der Waals surface area contributed by atoms with Crippen LogP contribution in [0.3, 0.4) is 0 Å². The molecule has 0 saturated heterocycles. The summed E-state index contributed by atoms with van der Waals surface area (Å²) in [6, 6.07) is 0.565. The van der Waals surface area contributed by atoms with Crippen LogP contribution in [0.1, 0.15) is 38.5 Å². The second-order valence-corrected chi connectivity index (χ2v) is 4.92. The van der Waals surface area contributed by atoms with Crippen molar-refractivity contribution in [1.82, 2.24) is 10.2 Å². The number of fused-ring (bicyclic) bond motifs is 1. The molecule has 2 aliphatic rings. The van der Waals surface area contributed by atoms with Crippen LogP contribution in [0.25, 0.3) is 0 Å². The molecule has 0 aromatic carbocycles. The monoisotopic (exact) mass is 234 g/mol. The average Bonchev–Trinajstić information content (AvgIpc) is 2.73. The van der Waals surface area contributed by atoms with E-state index in [0.29, 0.717) is 12.5 Å². The van der Waals surface area contributed by atoms with Crippen LogP contribution in [0.5, 0.6) is 0 Å². The second-order valence-electron chi connectivity index (χ2n) is 4.92. The van der Waals surface area contributed by atoms with E-state index in [1.54, 1.807) is 6.20 Å². The first-order valence-electron chi connectivity index (χ1n) is 6.44. The molecule has 0 radical (unpaired) electrons. The quantitative estimate of drug-likeness (QED) is 0.780. The number of carbonyl (C=O) groups excluding carboxylic acids is 1. The summed E-state index contributed by atoms with van der Waals surface area (Å²) in [5.41, 5.74) is 0.832. The third kappa shape index (κ3) is 2.01. The lowest BCUT2D eigenvalue weighted by Gasteiger charge is -2.34. The van der Waals surface area contributed by atoms with Gasteiger partial charge in [-0.1, -0.05) is 19.3 Å². The molecule has 1 aromatic heterocycles. The molecule has 0 atom stereocenters. The van der Waals surface area contributed by atoms with Gasteiger partial charge in [0.15, 0.2) is 0 Å². The maximum atomic E-state index is 11.6. The molecule has 0 spiro atoms. The standard InChI is InChI=1S/C12H18N4O/c17-11-6-7-16(9-4-2-1-3-5-9)12-10(14-11)8-13-15-12/h8-9H,1-7H2,(H,13,15)(H,14,17). The fourth-order valence-electron chi connectivity index (χ4n) is 2.89. The zero-order valence-electron chi connectivity index (χ0n) is 9.91. The molecule has 1 aliphatic carbocycles. The predicted molar refractivity (Wildman–Crippen MR) is 66.1 cm³/mol. The number of rotatable bonds is 1. The Morgan fingerprint density at radius 2 is 2.12 bits per heavy atom. The Morgan fingerprint density at radius 1 is 1.29 bits per heavy atom. The van der Waals surface area contributed by atoms with Crippen LogP contribution in [0.15, 0.2) is 6.20 Å². The summed E-state index contributed by atoms with van der Waals surface area (Å²) < 4.78 is 0. The molecule has 1 aliphatic heterocycles. The Labute approximate surface area is 101 Å². The molecule has 1 aromatic rings. The zero-order chi connectivity index (χ0) is 11.7. The Kier molecular flexibility index (Phi) is 2.74. The highest BCUT2D eigenvalue weighted by atomic mass is 16.1. The number of aromatic nitrogens is 2. The lowest BCUT2D eigenvalue weighted by molar-refractivity contribution is -0.116. The molecule has 17 heavy (non-hydrogen) atoms. The highest BCUT2D eigenvalue weighted by molar-refractivity contribution is 5.95. The van der Waals surface area contributed by atoms with Gasteiger partial charge in [-0.2, -0.15) is 5.10 Å². The van der Waals surface area contributed by atoms with Gasteiger partial charge in [0.1, 0.15) is 11.5 Å². The molecule has 1 fully saturated rings. The van der Waals surface area contributed by atoms with Crippen molar-refractivity contribution < 1.29 is 4.79 Å². The van der Waals surface area contributed by atoms with Gasteiger partial charge in [-0.25, -0.2) is 0 Å². The van der Waals surface area contributed by atoms with Crippen LogP contribution in [0, 0.1) is 0 Å². The van der Waals surface area contributed by atoms with E-state index in [1.807, 2.05) is 0 Å². The van der Waals surface area contributed by atoms with Gasteiger partial charge in [0, 0.05) is 19.0 Å². The summed E-state index contributed by atoms with van der Waals surface area (Å²) in [5.74, 6) is 1.08. The summed E-state index contributed by atoms with van der Waals surface area (Å²) >= 11 is 0. The van der Waals surface area contributed by atoms with E-state index in [2.05, 4.69) is 20.4 Å². The van der Waals surface area contributed by atoms with Gasteiger partial charge in [0.25, 0.3) is 0 Å². The maximum absolute atomic E-state index is 11.6. The Bertz CT molecular complexity index is 408. The number of hydrogen-bond donors (Lipinski definition) is 2. The fraction of sp³-hybridized carbons (Fsp3) is 0.667. The molecule has 2 N–H and O–H groups in total. The van der Waals surface area contributed by atoms with Crippen molar-refractivity contribution in [3.05, 3.63) is 6.20 Å². The molecular weight excluding hydrogens is 216 g/mol. The van der Waals surface area contributed by atoms with Gasteiger partial charge in [-0.15, -0.1) is 0 Å². The molecule has 1 amide bonds. The van der Waals surface area contributed by atoms with E-state index >= 15 is 0 Å². The molecular formula is C12H18N4O. The molecule has 0 unspecified atom stereocenters. The summed E-state index contributed by atoms with van der Waals surface area (Å²) in [5, 5.41) is 9.97. The third-order valence-corrected chi connectivity index (χ3v) is 3.78. The molecule has 1 saturated carbocycles.